The Hall–Kier alpha value is -1.98. The van der Waals surface area contributed by atoms with E-state index in [-0.39, 0.29) is 24.0 Å². The normalized spacial score (nSPS) is 19.9. The van der Waals surface area contributed by atoms with Crippen molar-refractivity contribution in [1.82, 2.24) is 5.32 Å². The van der Waals surface area contributed by atoms with Crippen molar-refractivity contribution >= 4 is 17.5 Å². The van der Waals surface area contributed by atoms with Gasteiger partial charge < -0.3 is 10.2 Å². The molecule has 0 radical (unpaired) electrons. The van der Waals surface area contributed by atoms with E-state index in [1.807, 2.05) is 0 Å². The summed E-state index contributed by atoms with van der Waals surface area (Å²) in [5.41, 5.74) is 0.187. The summed E-state index contributed by atoms with van der Waals surface area (Å²) in [6, 6.07) is 2.52. The number of anilines is 1. The second kappa shape index (κ2) is 4.72. The minimum atomic E-state index is -1.04. The molecular weight excluding hydrogens is 242 g/mol. The Labute approximate surface area is 103 Å². The van der Waals surface area contributed by atoms with Crippen LogP contribution in [0, 0.1) is 11.6 Å². The van der Waals surface area contributed by atoms with E-state index in [9.17, 15) is 18.4 Å². The van der Waals surface area contributed by atoms with E-state index in [2.05, 4.69) is 5.32 Å². The van der Waals surface area contributed by atoms with Gasteiger partial charge in [0.25, 0.3) is 0 Å². The molecule has 1 atom stereocenters. The molecule has 1 unspecified atom stereocenters. The first-order chi connectivity index (χ1) is 8.52. The summed E-state index contributed by atoms with van der Waals surface area (Å²) < 4.78 is 25.9. The fourth-order valence-electron chi connectivity index (χ4n) is 1.86. The van der Waals surface area contributed by atoms with Crippen LogP contribution in [0.4, 0.5) is 14.5 Å². The standard InChI is InChI=1S/C12H12F2N2O2/c1-2-10-12(18)16(6-11(17)15-10)7-3-4-8(13)9(14)5-7/h3-5,10H,2,6H2,1H3,(H,15,17). The highest BCUT2D eigenvalue weighted by atomic mass is 19.2. The van der Waals surface area contributed by atoms with Crippen molar-refractivity contribution in [2.24, 2.45) is 0 Å². The number of amides is 2. The van der Waals surface area contributed by atoms with Crippen molar-refractivity contribution in [3.63, 3.8) is 0 Å². The molecule has 6 heteroatoms. The van der Waals surface area contributed by atoms with Gasteiger partial charge >= 0.3 is 0 Å². The second-order valence-corrected chi connectivity index (χ2v) is 4.05. The zero-order chi connectivity index (χ0) is 13.3. The molecule has 2 amide bonds. The topological polar surface area (TPSA) is 49.4 Å². The number of carbonyl (C=O) groups excluding carboxylic acids is 2. The lowest BCUT2D eigenvalue weighted by Crippen LogP contribution is -2.58. The molecule has 18 heavy (non-hydrogen) atoms. The van der Waals surface area contributed by atoms with Crippen LogP contribution < -0.4 is 10.2 Å². The molecular formula is C12H12F2N2O2. The lowest BCUT2D eigenvalue weighted by Gasteiger charge is -2.32. The van der Waals surface area contributed by atoms with Gasteiger partial charge in [-0.05, 0) is 18.6 Å². The van der Waals surface area contributed by atoms with Gasteiger partial charge in [0.2, 0.25) is 11.8 Å². The van der Waals surface area contributed by atoms with Gasteiger partial charge in [-0.3, -0.25) is 9.59 Å². The molecule has 2 rings (SSSR count). The monoisotopic (exact) mass is 254 g/mol. The summed E-state index contributed by atoms with van der Waals surface area (Å²) in [6.07, 6.45) is 0.449. The number of benzene rings is 1. The SMILES string of the molecule is CCC1NC(=O)CN(c2ccc(F)c(F)c2)C1=O. The number of carbonyl (C=O) groups is 2. The van der Waals surface area contributed by atoms with Gasteiger partial charge in [0.05, 0.1) is 0 Å². The van der Waals surface area contributed by atoms with E-state index in [1.54, 1.807) is 6.92 Å². The number of nitrogens with zero attached hydrogens (tertiary/aromatic N) is 1. The van der Waals surface area contributed by atoms with Crippen LogP contribution in [0.25, 0.3) is 0 Å². The van der Waals surface area contributed by atoms with Gasteiger partial charge in [0, 0.05) is 11.8 Å². The maximum Gasteiger partial charge on any atom is 0.250 e. The second-order valence-electron chi connectivity index (χ2n) is 4.05. The van der Waals surface area contributed by atoms with Crippen LogP contribution >= 0.6 is 0 Å². The average Bonchev–Trinajstić information content (AvgIpc) is 2.35. The minimum absolute atomic E-state index is 0.180. The molecule has 1 aliphatic heterocycles. The van der Waals surface area contributed by atoms with Gasteiger partial charge in [-0.15, -0.1) is 0 Å². The molecule has 0 bridgehead atoms. The number of nitrogens with one attached hydrogen (secondary N) is 1. The molecule has 96 valence electrons. The van der Waals surface area contributed by atoms with Crippen molar-refractivity contribution in [2.45, 2.75) is 19.4 Å². The number of hydrogen-bond acceptors (Lipinski definition) is 2. The molecule has 0 aliphatic carbocycles. The molecule has 0 saturated carbocycles. The molecule has 1 aliphatic rings. The van der Waals surface area contributed by atoms with E-state index in [4.69, 9.17) is 0 Å². The molecule has 1 aromatic rings. The average molecular weight is 254 g/mol. The maximum absolute atomic E-state index is 13.1. The first-order valence-corrected chi connectivity index (χ1v) is 5.58. The maximum atomic E-state index is 13.1. The van der Waals surface area contributed by atoms with E-state index in [1.165, 1.54) is 6.07 Å². The Morgan fingerprint density at radius 2 is 2.06 bits per heavy atom. The van der Waals surface area contributed by atoms with Crippen molar-refractivity contribution < 1.29 is 18.4 Å². The van der Waals surface area contributed by atoms with Crippen LogP contribution in [-0.4, -0.2) is 24.4 Å². The minimum Gasteiger partial charge on any atom is -0.343 e. The van der Waals surface area contributed by atoms with Gasteiger partial charge in [-0.1, -0.05) is 6.92 Å². The molecule has 1 N–H and O–H groups in total. The van der Waals surface area contributed by atoms with Gasteiger partial charge in [-0.2, -0.15) is 0 Å². The third kappa shape index (κ3) is 2.18. The number of rotatable bonds is 2. The summed E-state index contributed by atoms with van der Waals surface area (Å²) in [4.78, 5) is 24.6. The van der Waals surface area contributed by atoms with E-state index in [0.29, 0.717) is 6.42 Å². The van der Waals surface area contributed by atoms with Gasteiger partial charge in [0.1, 0.15) is 12.6 Å². The fourth-order valence-corrected chi connectivity index (χ4v) is 1.86. The van der Waals surface area contributed by atoms with Crippen molar-refractivity contribution in [1.29, 1.82) is 0 Å². The first kappa shape index (κ1) is 12.5. The predicted octanol–water partition coefficient (Wildman–Crippen LogP) is 1.21. The van der Waals surface area contributed by atoms with E-state index in [0.717, 1.165) is 17.0 Å². The zero-order valence-corrected chi connectivity index (χ0v) is 9.74. The Bertz CT molecular complexity index is 505. The number of halogens is 2. The Balaban J connectivity index is 2.33. The lowest BCUT2D eigenvalue weighted by molar-refractivity contribution is -0.131. The third-order valence-corrected chi connectivity index (χ3v) is 2.82. The van der Waals surface area contributed by atoms with Crippen LogP contribution in [0.3, 0.4) is 0 Å². The molecule has 4 nitrogen and oxygen atoms in total. The smallest absolute Gasteiger partial charge is 0.250 e. The van der Waals surface area contributed by atoms with Crippen LogP contribution in [-0.2, 0) is 9.59 Å². The lowest BCUT2D eigenvalue weighted by atomic mass is 10.1. The predicted molar refractivity (Wildman–Crippen MR) is 60.9 cm³/mol. The zero-order valence-electron chi connectivity index (χ0n) is 9.74. The molecule has 1 aromatic carbocycles. The summed E-state index contributed by atoms with van der Waals surface area (Å²) in [5.74, 6) is -2.66. The van der Waals surface area contributed by atoms with Crippen LogP contribution in [0.15, 0.2) is 18.2 Å². The highest BCUT2D eigenvalue weighted by Crippen LogP contribution is 2.20. The third-order valence-electron chi connectivity index (χ3n) is 2.82. The van der Waals surface area contributed by atoms with Crippen LogP contribution in [0.1, 0.15) is 13.3 Å². The molecule has 1 heterocycles. The Kier molecular flexibility index (Phi) is 3.27. The highest BCUT2D eigenvalue weighted by molar-refractivity contribution is 6.06. The summed E-state index contributed by atoms with van der Waals surface area (Å²) in [5, 5.41) is 2.54. The van der Waals surface area contributed by atoms with E-state index < -0.39 is 17.7 Å². The summed E-state index contributed by atoms with van der Waals surface area (Å²) >= 11 is 0. The van der Waals surface area contributed by atoms with Crippen molar-refractivity contribution in [3.05, 3.63) is 29.8 Å². The Morgan fingerprint density at radius 1 is 1.33 bits per heavy atom. The molecule has 1 saturated heterocycles. The number of hydrogen-bond donors (Lipinski definition) is 1. The van der Waals surface area contributed by atoms with Crippen LogP contribution in [0.2, 0.25) is 0 Å². The van der Waals surface area contributed by atoms with E-state index >= 15 is 0 Å². The van der Waals surface area contributed by atoms with Crippen LogP contribution in [0.5, 0.6) is 0 Å². The molecule has 0 spiro atoms. The molecule has 1 fully saturated rings. The van der Waals surface area contributed by atoms with Gasteiger partial charge in [-0.25, -0.2) is 8.78 Å². The number of piperazine rings is 1. The molecule has 0 aromatic heterocycles. The summed E-state index contributed by atoms with van der Waals surface area (Å²) in [7, 11) is 0. The quantitative estimate of drug-likeness (QED) is 0.862. The summed E-state index contributed by atoms with van der Waals surface area (Å²) in [6.45, 7) is 1.58. The van der Waals surface area contributed by atoms with Crippen molar-refractivity contribution in [2.75, 3.05) is 11.4 Å². The largest absolute Gasteiger partial charge is 0.343 e. The fraction of sp³-hybridized carbons (Fsp3) is 0.333. The first-order valence-electron chi connectivity index (χ1n) is 5.58. The highest BCUT2D eigenvalue weighted by Gasteiger charge is 2.32. The van der Waals surface area contributed by atoms with Crippen molar-refractivity contribution in [3.8, 4) is 0 Å². The van der Waals surface area contributed by atoms with Gasteiger partial charge in [0.15, 0.2) is 11.6 Å². The Morgan fingerprint density at radius 3 is 2.67 bits per heavy atom.